The Morgan fingerprint density at radius 3 is 2.14 bits per heavy atom. The molecule has 10 heteroatoms. The van der Waals surface area contributed by atoms with Crippen LogP contribution in [-0.4, -0.2) is 34.8 Å². The van der Waals surface area contributed by atoms with Crippen molar-refractivity contribution in [2.45, 2.75) is 12.5 Å². The Balaban J connectivity index is 1.99. The summed E-state index contributed by atoms with van der Waals surface area (Å²) in [5, 5.41) is 21.0. The fourth-order valence-electron chi connectivity index (χ4n) is 3.56. The van der Waals surface area contributed by atoms with Gasteiger partial charge in [-0.2, -0.15) is 5.26 Å². The van der Waals surface area contributed by atoms with Crippen molar-refractivity contribution in [3.8, 4) is 17.3 Å². The molecule has 1 atom stereocenters. The van der Waals surface area contributed by atoms with E-state index in [0.29, 0.717) is 21.0 Å². The summed E-state index contributed by atoms with van der Waals surface area (Å²) < 4.78 is 29.2. The van der Waals surface area contributed by atoms with E-state index in [1.165, 1.54) is 42.5 Å². The molecule has 0 spiro atoms. The average Bonchev–Trinajstić information content (AvgIpc) is 2.83. The zero-order valence-corrected chi connectivity index (χ0v) is 19.2. The molecule has 0 saturated heterocycles. The van der Waals surface area contributed by atoms with Crippen molar-refractivity contribution in [1.29, 1.82) is 5.26 Å². The Kier molecular flexibility index (Phi) is 7.17. The summed E-state index contributed by atoms with van der Waals surface area (Å²) in [4.78, 5) is 37.8. The normalized spacial score (nSPS) is 12.2. The van der Waals surface area contributed by atoms with E-state index < -0.39 is 40.5 Å². The predicted octanol–water partition coefficient (Wildman–Crippen LogP) is 4.57. The molecule has 0 saturated carbocycles. The van der Waals surface area contributed by atoms with Gasteiger partial charge in [0.05, 0.1) is 11.1 Å². The van der Waals surface area contributed by atoms with Crippen LogP contribution in [0.15, 0.2) is 60.7 Å². The van der Waals surface area contributed by atoms with Gasteiger partial charge in [-0.25, -0.2) is 18.5 Å². The predicted molar refractivity (Wildman–Crippen MR) is 123 cm³/mol. The largest absolute Gasteiger partial charge is 0.478 e. The van der Waals surface area contributed by atoms with Gasteiger partial charge in [0.1, 0.15) is 17.2 Å². The number of carboxylic acids is 1. The van der Waals surface area contributed by atoms with Gasteiger partial charge in [0.2, 0.25) is 0 Å². The van der Waals surface area contributed by atoms with Crippen molar-refractivity contribution >= 4 is 29.4 Å². The van der Waals surface area contributed by atoms with Gasteiger partial charge in [-0.05, 0) is 55.0 Å². The molecule has 0 aromatic heterocycles. The second kappa shape index (κ2) is 9.91. The third kappa shape index (κ3) is 4.98. The summed E-state index contributed by atoms with van der Waals surface area (Å²) in [6.45, 7) is 1.11. The van der Waals surface area contributed by atoms with E-state index in [0.717, 1.165) is 32.2 Å². The van der Waals surface area contributed by atoms with Gasteiger partial charge in [-0.3, -0.25) is 9.59 Å². The van der Waals surface area contributed by atoms with Crippen LogP contribution in [0, 0.1) is 23.1 Å². The lowest BCUT2D eigenvalue weighted by molar-refractivity contribution is -0.133. The van der Waals surface area contributed by atoms with Crippen LogP contribution in [0.3, 0.4) is 0 Å². The number of nitrogens with zero attached hydrogens (tertiary/aromatic N) is 2. The van der Waals surface area contributed by atoms with E-state index in [9.17, 15) is 28.3 Å². The quantitative estimate of drug-likeness (QED) is 0.383. The third-order valence-electron chi connectivity index (χ3n) is 5.38. The highest BCUT2D eigenvalue weighted by Gasteiger charge is 2.43. The van der Waals surface area contributed by atoms with Crippen molar-refractivity contribution in [1.82, 2.24) is 10.2 Å². The number of carbonyl (C=O) groups is 3. The van der Waals surface area contributed by atoms with Gasteiger partial charge < -0.3 is 10.4 Å². The van der Waals surface area contributed by atoms with Crippen LogP contribution in [0.4, 0.5) is 8.78 Å². The van der Waals surface area contributed by atoms with Crippen molar-refractivity contribution < 1.29 is 28.3 Å². The van der Waals surface area contributed by atoms with E-state index in [1.54, 1.807) is 6.19 Å². The van der Waals surface area contributed by atoms with Crippen molar-refractivity contribution in [2.75, 3.05) is 7.05 Å². The molecule has 0 unspecified atom stereocenters. The molecule has 0 heterocycles. The molecule has 0 bridgehead atoms. The van der Waals surface area contributed by atoms with E-state index in [2.05, 4.69) is 5.32 Å². The number of likely N-dealkylation sites (N-methyl/N-ethyl adjacent to an activating group) is 1. The van der Waals surface area contributed by atoms with Crippen molar-refractivity contribution in [3.63, 3.8) is 0 Å². The number of aromatic carboxylic acids is 1. The van der Waals surface area contributed by atoms with Crippen LogP contribution in [0.1, 0.15) is 33.2 Å². The number of hydrogen-bond acceptors (Lipinski definition) is 4. The summed E-state index contributed by atoms with van der Waals surface area (Å²) >= 11 is 6.19. The van der Waals surface area contributed by atoms with Crippen LogP contribution in [-0.2, 0) is 10.3 Å². The maximum absolute atomic E-state index is 14.6. The SMILES string of the molecule is CN(C#N)C(=O)[C@@](C)(NC(=O)c1ccc(-c2cc(C(=O)O)ccc2Cl)cc1)c1c(F)cccc1F. The Morgan fingerprint density at radius 2 is 1.60 bits per heavy atom. The lowest BCUT2D eigenvalue weighted by Gasteiger charge is -2.32. The van der Waals surface area contributed by atoms with Gasteiger partial charge in [0.15, 0.2) is 6.19 Å². The average molecular weight is 498 g/mol. The molecule has 0 aliphatic carbocycles. The number of carboxylic acid groups (broad SMARTS) is 1. The summed E-state index contributed by atoms with van der Waals surface area (Å²) in [6.07, 6.45) is 1.57. The zero-order valence-electron chi connectivity index (χ0n) is 18.5. The Bertz CT molecular complexity index is 1350. The first-order valence-corrected chi connectivity index (χ1v) is 10.5. The third-order valence-corrected chi connectivity index (χ3v) is 5.71. The number of nitriles is 1. The topological polar surface area (TPSA) is 111 Å². The van der Waals surface area contributed by atoms with E-state index in [1.807, 2.05) is 0 Å². The highest BCUT2D eigenvalue weighted by Crippen LogP contribution is 2.31. The minimum atomic E-state index is -2.24. The number of amides is 2. The molecule has 7 nitrogen and oxygen atoms in total. The van der Waals surface area contributed by atoms with E-state index in [4.69, 9.17) is 16.9 Å². The summed E-state index contributed by atoms with van der Waals surface area (Å²) in [5.41, 5.74) is -1.96. The first kappa shape index (κ1) is 25.3. The standard InChI is InChI=1S/C25H18ClF2N3O4/c1-25(24(35)31(2)13-29,21-19(27)4-3-5-20(21)28)30-22(32)15-8-6-14(7-9-15)17-12-16(23(33)34)10-11-18(17)26/h3-12H,1-2H3,(H,30,32)(H,33,34)/t25-/m0/s1. The smallest absolute Gasteiger partial charge is 0.335 e. The molecule has 3 rings (SSSR count). The fraction of sp³-hybridized carbons (Fsp3) is 0.120. The van der Waals surface area contributed by atoms with Gasteiger partial charge in [0, 0.05) is 23.2 Å². The van der Waals surface area contributed by atoms with Crippen LogP contribution in [0.2, 0.25) is 5.02 Å². The molecular formula is C25H18ClF2N3O4. The number of rotatable bonds is 6. The number of carbonyl (C=O) groups excluding carboxylic acids is 2. The molecule has 3 aromatic rings. The zero-order chi connectivity index (χ0) is 25.9. The fourth-order valence-corrected chi connectivity index (χ4v) is 3.79. The second-order valence-corrected chi connectivity index (χ2v) is 8.12. The second-order valence-electron chi connectivity index (χ2n) is 7.72. The summed E-state index contributed by atoms with van der Waals surface area (Å²) in [7, 11) is 1.11. The lowest BCUT2D eigenvalue weighted by atomic mass is 9.88. The van der Waals surface area contributed by atoms with Crippen molar-refractivity contribution in [2.24, 2.45) is 0 Å². The Hall–Kier alpha value is -4.29. The minimum Gasteiger partial charge on any atom is -0.478 e. The molecule has 0 aliphatic rings. The van der Waals surface area contributed by atoms with Crippen LogP contribution in [0.25, 0.3) is 11.1 Å². The molecule has 178 valence electrons. The Labute approximate surface area is 204 Å². The van der Waals surface area contributed by atoms with Crippen molar-refractivity contribution in [3.05, 3.63) is 94.0 Å². The minimum absolute atomic E-state index is 0.0222. The maximum atomic E-state index is 14.6. The van der Waals surface area contributed by atoms with Crippen LogP contribution >= 0.6 is 11.6 Å². The molecular weight excluding hydrogens is 480 g/mol. The molecule has 2 N–H and O–H groups in total. The highest BCUT2D eigenvalue weighted by atomic mass is 35.5. The van der Waals surface area contributed by atoms with E-state index >= 15 is 0 Å². The first-order valence-electron chi connectivity index (χ1n) is 10.1. The molecule has 2 amide bonds. The number of hydrogen-bond donors (Lipinski definition) is 2. The molecule has 35 heavy (non-hydrogen) atoms. The maximum Gasteiger partial charge on any atom is 0.335 e. The Morgan fingerprint density at radius 1 is 1.03 bits per heavy atom. The number of halogens is 3. The molecule has 0 fully saturated rings. The monoisotopic (exact) mass is 497 g/mol. The molecule has 0 radical (unpaired) electrons. The first-order chi connectivity index (χ1) is 16.5. The number of benzene rings is 3. The molecule has 0 aliphatic heterocycles. The van der Waals surface area contributed by atoms with Crippen LogP contribution < -0.4 is 5.32 Å². The van der Waals surface area contributed by atoms with E-state index in [-0.39, 0.29) is 11.1 Å². The number of nitrogens with one attached hydrogen (secondary N) is 1. The highest BCUT2D eigenvalue weighted by molar-refractivity contribution is 6.33. The molecule has 3 aromatic carbocycles. The van der Waals surface area contributed by atoms with Crippen LogP contribution in [0.5, 0.6) is 0 Å². The van der Waals surface area contributed by atoms with Gasteiger partial charge in [-0.1, -0.05) is 29.8 Å². The van der Waals surface area contributed by atoms with Gasteiger partial charge >= 0.3 is 5.97 Å². The lowest BCUT2D eigenvalue weighted by Crippen LogP contribution is -2.54. The summed E-state index contributed by atoms with van der Waals surface area (Å²) in [6, 6.07) is 12.9. The van der Waals surface area contributed by atoms with Gasteiger partial charge in [0.25, 0.3) is 11.8 Å². The van der Waals surface area contributed by atoms with Gasteiger partial charge in [-0.15, -0.1) is 0 Å². The summed E-state index contributed by atoms with van der Waals surface area (Å²) in [5.74, 6) is -5.17.